The van der Waals surface area contributed by atoms with Gasteiger partial charge in [0.1, 0.15) is 0 Å². The van der Waals surface area contributed by atoms with Gasteiger partial charge < -0.3 is 0 Å². The summed E-state index contributed by atoms with van der Waals surface area (Å²) >= 11 is 0. The Balaban J connectivity index is 2.80. The average Bonchev–Trinajstić information content (AvgIpc) is 2.57. The van der Waals surface area contributed by atoms with Crippen molar-refractivity contribution >= 4 is 10.8 Å². The van der Waals surface area contributed by atoms with Crippen molar-refractivity contribution in [2.75, 3.05) is 0 Å². The minimum Gasteiger partial charge on any atom is -0.0654 e. The van der Waals surface area contributed by atoms with Crippen molar-refractivity contribution in [3.8, 4) is 0 Å². The van der Waals surface area contributed by atoms with Crippen LogP contribution in [0.15, 0.2) is 18.2 Å². The van der Waals surface area contributed by atoms with Crippen molar-refractivity contribution in [3.63, 3.8) is 0 Å². The molecule has 0 unspecified atom stereocenters. The average molecular weight is 311 g/mol. The summed E-state index contributed by atoms with van der Waals surface area (Å²) in [7, 11) is 0. The molecule has 2 aromatic rings. The molecule has 126 valence electrons. The number of hydrogen-bond donors (Lipinski definition) is 0. The summed E-state index contributed by atoms with van der Waals surface area (Å²) in [4.78, 5) is 0. The normalized spacial score (nSPS) is 11.3. The molecule has 0 aromatic heterocycles. The predicted molar refractivity (Wildman–Crippen MR) is 105 cm³/mol. The van der Waals surface area contributed by atoms with Crippen molar-refractivity contribution in [3.05, 3.63) is 46.0 Å². The van der Waals surface area contributed by atoms with Crippen molar-refractivity contribution < 1.29 is 0 Å². The maximum atomic E-state index is 2.38. The highest BCUT2D eigenvalue weighted by Crippen LogP contribution is 2.35. The fraction of sp³-hybridized carbons (Fsp3) is 0.565. The van der Waals surface area contributed by atoms with Crippen molar-refractivity contribution in [2.45, 2.75) is 86.0 Å². The van der Waals surface area contributed by atoms with Gasteiger partial charge in [0.2, 0.25) is 0 Å². The van der Waals surface area contributed by atoms with Crippen LogP contribution in [0.25, 0.3) is 10.8 Å². The molecule has 2 aromatic carbocycles. The molecule has 23 heavy (non-hydrogen) atoms. The third-order valence-electron chi connectivity index (χ3n) is 5.26. The lowest BCUT2D eigenvalue weighted by Crippen LogP contribution is -2.07. The van der Waals surface area contributed by atoms with E-state index < -0.39 is 0 Å². The van der Waals surface area contributed by atoms with Crippen LogP contribution in [0.1, 0.15) is 81.2 Å². The van der Waals surface area contributed by atoms with E-state index in [9.17, 15) is 0 Å². The summed E-state index contributed by atoms with van der Waals surface area (Å²) < 4.78 is 0. The summed E-state index contributed by atoms with van der Waals surface area (Å²) in [5.41, 5.74) is 8.08. The molecule has 0 saturated heterocycles. The van der Waals surface area contributed by atoms with Crippen LogP contribution in [0.3, 0.4) is 0 Å². The SMILES string of the molecule is CCCCc1c(CC)c(CC)c2c(C)cccc2c1CCCC. The number of fused-ring (bicyclic) bond motifs is 1. The Labute approximate surface area is 143 Å². The second-order valence-electron chi connectivity index (χ2n) is 6.83. The first-order chi connectivity index (χ1) is 11.2. The van der Waals surface area contributed by atoms with Gasteiger partial charge >= 0.3 is 0 Å². The summed E-state index contributed by atoms with van der Waals surface area (Å²) in [5, 5.41) is 3.09. The summed E-state index contributed by atoms with van der Waals surface area (Å²) in [6, 6.07) is 6.92. The molecule has 0 aliphatic carbocycles. The van der Waals surface area contributed by atoms with E-state index >= 15 is 0 Å². The predicted octanol–water partition coefficient (Wildman–Crippen LogP) is 6.96. The van der Waals surface area contributed by atoms with Gasteiger partial charge in [-0.15, -0.1) is 0 Å². The highest BCUT2D eigenvalue weighted by Gasteiger charge is 2.17. The molecule has 0 saturated carbocycles. The van der Waals surface area contributed by atoms with Crippen LogP contribution in [0.4, 0.5) is 0 Å². The van der Waals surface area contributed by atoms with Gasteiger partial charge in [-0.3, -0.25) is 0 Å². The molecular formula is C23H34. The van der Waals surface area contributed by atoms with Gasteiger partial charge in [-0.25, -0.2) is 0 Å². The molecule has 0 nitrogen and oxygen atoms in total. The zero-order chi connectivity index (χ0) is 16.8. The van der Waals surface area contributed by atoms with Gasteiger partial charge in [-0.2, -0.15) is 0 Å². The van der Waals surface area contributed by atoms with E-state index in [1.165, 1.54) is 50.5 Å². The molecule has 0 N–H and O–H groups in total. The van der Waals surface area contributed by atoms with Crippen LogP contribution in [0.5, 0.6) is 0 Å². The zero-order valence-corrected chi connectivity index (χ0v) is 15.9. The number of unbranched alkanes of at least 4 members (excludes halogenated alkanes) is 2. The molecule has 0 spiro atoms. The monoisotopic (exact) mass is 310 g/mol. The Morgan fingerprint density at radius 2 is 1.30 bits per heavy atom. The minimum absolute atomic E-state index is 1.15. The zero-order valence-electron chi connectivity index (χ0n) is 15.9. The quantitative estimate of drug-likeness (QED) is 0.494. The third-order valence-corrected chi connectivity index (χ3v) is 5.26. The largest absolute Gasteiger partial charge is 0.0654 e. The molecule has 0 fully saturated rings. The van der Waals surface area contributed by atoms with Gasteiger partial charge in [0.05, 0.1) is 0 Å². The van der Waals surface area contributed by atoms with Crippen molar-refractivity contribution in [1.29, 1.82) is 0 Å². The Hall–Kier alpha value is -1.30. The number of benzene rings is 2. The van der Waals surface area contributed by atoms with Crippen LogP contribution in [-0.4, -0.2) is 0 Å². The lowest BCUT2D eigenvalue weighted by molar-refractivity contribution is 0.753. The van der Waals surface area contributed by atoms with Gasteiger partial charge in [0.25, 0.3) is 0 Å². The number of hydrogen-bond acceptors (Lipinski definition) is 0. The lowest BCUT2D eigenvalue weighted by Gasteiger charge is -2.23. The van der Waals surface area contributed by atoms with E-state index in [-0.39, 0.29) is 0 Å². The van der Waals surface area contributed by atoms with E-state index in [2.05, 4.69) is 52.8 Å². The first kappa shape index (κ1) is 18.0. The first-order valence-electron chi connectivity index (χ1n) is 9.74. The Bertz CT molecular complexity index is 649. The van der Waals surface area contributed by atoms with Gasteiger partial charge in [0, 0.05) is 0 Å². The van der Waals surface area contributed by atoms with E-state index in [4.69, 9.17) is 0 Å². The molecule has 0 heteroatoms. The molecule has 2 rings (SSSR count). The van der Waals surface area contributed by atoms with Crippen LogP contribution < -0.4 is 0 Å². The molecule has 0 atom stereocenters. The van der Waals surface area contributed by atoms with Crippen molar-refractivity contribution in [1.82, 2.24) is 0 Å². The van der Waals surface area contributed by atoms with E-state index in [0.717, 1.165) is 6.42 Å². The summed E-state index contributed by atoms with van der Waals surface area (Å²) in [6.45, 7) is 11.6. The highest BCUT2D eigenvalue weighted by atomic mass is 14.2. The highest BCUT2D eigenvalue weighted by molar-refractivity contribution is 5.93. The molecule has 0 radical (unpaired) electrons. The number of aryl methyl sites for hydroxylation is 3. The Morgan fingerprint density at radius 1 is 0.696 bits per heavy atom. The maximum Gasteiger partial charge on any atom is -0.0117 e. The summed E-state index contributed by atoms with van der Waals surface area (Å²) in [5.74, 6) is 0. The third kappa shape index (κ3) is 3.62. The molecule has 0 heterocycles. The molecule has 0 bridgehead atoms. The first-order valence-corrected chi connectivity index (χ1v) is 9.74. The van der Waals surface area contributed by atoms with E-state index in [1.807, 2.05) is 0 Å². The fourth-order valence-electron chi connectivity index (χ4n) is 4.11. The lowest BCUT2D eigenvalue weighted by atomic mass is 9.82. The number of rotatable bonds is 8. The van der Waals surface area contributed by atoms with Crippen LogP contribution in [-0.2, 0) is 25.7 Å². The second-order valence-corrected chi connectivity index (χ2v) is 6.83. The summed E-state index contributed by atoms with van der Waals surface area (Å²) in [6.07, 6.45) is 10.00. The van der Waals surface area contributed by atoms with Crippen molar-refractivity contribution in [2.24, 2.45) is 0 Å². The van der Waals surface area contributed by atoms with Crippen LogP contribution in [0.2, 0.25) is 0 Å². The Morgan fingerprint density at radius 3 is 1.87 bits per heavy atom. The topological polar surface area (TPSA) is 0 Å². The van der Waals surface area contributed by atoms with Crippen LogP contribution >= 0.6 is 0 Å². The minimum atomic E-state index is 1.15. The smallest absolute Gasteiger partial charge is 0.0117 e. The fourth-order valence-corrected chi connectivity index (χ4v) is 4.11. The molecular weight excluding hydrogens is 276 g/mol. The van der Waals surface area contributed by atoms with Gasteiger partial charge in [-0.05, 0) is 84.0 Å². The van der Waals surface area contributed by atoms with E-state index in [1.54, 1.807) is 33.0 Å². The molecule has 0 aliphatic heterocycles. The van der Waals surface area contributed by atoms with Gasteiger partial charge in [0.15, 0.2) is 0 Å². The molecule has 0 aliphatic rings. The molecule has 0 amide bonds. The standard InChI is InChI=1S/C23H34/c1-6-10-14-20-18(8-3)19(9-4)23-17(5)13-12-16-22(23)21(20)15-11-7-2/h12-13,16H,6-11,14-15H2,1-5H3. The Kier molecular flexibility index (Phi) is 6.69. The maximum absolute atomic E-state index is 2.38. The van der Waals surface area contributed by atoms with Crippen LogP contribution in [0, 0.1) is 6.92 Å². The van der Waals surface area contributed by atoms with E-state index in [0.29, 0.717) is 0 Å². The second kappa shape index (κ2) is 8.52. The van der Waals surface area contributed by atoms with Gasteiger partial charge in [-0.1, -0.05) is 58.7 Å².